The average molecular weight is 269 g/mol. The Morgan fingerprint density at radius 1 is 1.06 bits per heavy atom. The minimum atomic E-state index is -4.97. The van der Waals surface area contributed by atoms with Crippen molar-refractivity contribution in [3.8, 4) is 11.5 Å². The van der Waals surface area contributed by atoms with E-state index in [-0.39, 0.29) is 0 Å². The van der Waals surface area contributed by atoms with Crippen LogP contribution in [-0.4, -0.2) is 31.6 Å². The van der Waals surface area contributed by atoms with Crippen molar-refractivity contribution in [1.82, 2.24) is 0 Å². The molecule has 0 aliphatic heterocycles. The van der Waals surface area contributed by atoms with Crippen LogP contribution < -0.4 is 5.14 Å². The van der Waals surface area contributed by atoms with Crippen LogP contribution in [0.3, 0.4) is 0 Å². The van der Waals surface area contributed by atoms with Crippen LogP contribution in [0.4, 0.5) is 0 Å². The fourth-order valence-corrected chi connectivity index (χ4v) is 2.41. The first-order valence-electron chi connectivity index (χ1n) is 3.60. The smallest absolute Gasteiger partial charge is 0.302 e. The standard InChI is InChI=1S/C6H7NO7S2/c7-15(10,11)4-2-1-3(8)6(5(4)9)16(12,13)14/h1-2,8-9H,(H2,7,10,11)(H,12,13,14). The molecule has 5 N–H and O–H groups in total. The molecule has 0 radical (unpaired) electrons. The summed E-state index contributed by atoms with van der Waals surface area (Å²) in [6, 6.07) is 1.37. The summed E-state index contributed by atoms with van der Waals surface area (Å²) in [7, 11) is -9.34. The number of aromatic hydroxyl groups is 2. The number of sulfonamides is 1. The largest absolute Gasteiger partial charge is 0.506 e. The molecule has 0 heterocycles. The molecule has 0 saturated carbocycles. The van der Waals surface area contributed by atoms with Crippen LogP contribution in [0.1, 0.15) is 0 Å². The highest BCUT2D eigenvalue weighted by atomic mass is 32.2. The van der Waals surface area contributed by atoms with E-state index in [0.717, 1.165) is 0 Å². The number of hydrogen-bond acceptors (Lipinski definition) is 6. The van der Waals surface area contributed by atoms with Gasteiger partial charge in [0.25, 0.3) is 0 Å². The van der Waals surface area contributed by atoms with E-state index in [1.807, 2.05) is 0 Å². The van der Waals surface area contributed by atoms with E-state index >= 15 is 0 Å². The van der Waals surface area contributed by atoms with Crippen molar-refractivity contribution in [2.24, 2.45) is 5.14 Å². The Labute approximate surface area is 90.7 Å². The zero-order valence-electron chi connectivity index (χ0n) is 7.52. The first kappa shape index (κ1) is 12.7. The van der Waals surface area contributed by atoms with Gasteiger partial charge in [0.1, 0.15) is 10.6 Å². The lowest BCUT2D eigenvalue weighted by atomic mass is 10.3. The number of phenols is 2. The molecular formula is C6H7NO7S2. The Balaban J connectivity index is 3.79. The maximum absolute atomic E-state index is 10.9. The number of phenolic OH excluding ortho intramolecular Hbond substituents is 2. The van der Waals surface area contributed by atoms with Gasteiger partial charge < -0.3 is 10.2 Å². The van der Waals surface area contributed by atoms with Crippen molar-refractivity contribution in [3.05, 3.63) is 12.1 Å². The van der Waals surface area contributed by atoms with E-state index in [1.54, 1.807) is 0 Å². The molecule has 0 fully saturated rings. The molecule has 0 aliphatic rings. The summed E-state index contributed by atoms with van der Waals surface area (Å²) in [5, 5.41) is 23.0. The zero-order chi connectivity index (χ0) is 12.7. The molecule has 0 spiro atoms. The monoisotopic (exact) mass is 269 g/mol. The highest BCUT2D eigenvalue weighted by Crippen LogP contribution is 2.36. The molecule has 0 aromatic heterocycles. The molecule has 0 atom stereocenters. The molecule has 0 saturated heterocycles. The van der Waals surface area contributed by atoms with Crippen LogP contribution in [0.25, 0.3) is 0 Å². The predicted octanol–water partition coefficient (Wildman–Crippen LogP) is -1.01. The summed E-state index contributed by atoms with van der Waals surface area (Å²) in [5.74, 6) is -2.32. The topological polar surface area (TPSA) is 155 Å². The summed E-state index contributed by atoms with van der Waals surface area (Å²) in [6.45, 7) is 0. The third kappa shape index (κ3) is 2.24. The van der Waals surface area contributed by atoms with E-state index < -0.39 is 41.4 Å². The minimum absolute atomic E-state index is 0.669. The second-order valence-corrected chi connectivity index (χ2v) is 5.67. The third-order valence-corrected chi connectivity index (χ3v) is 3.50. The molecule has 90 valence electrons. The Hall–Kier alpha value is -1.36. The van der Waals surface area contributed by atoms with Crippen LogP contribution in [0.2, 0.25) is 0 Å². The molecule has 1 aromatic carbocycles. The summed E-state index contributed by atoms with van der Waals surface area (Å²) in [4.78, 5) is -2.23. The van der Waals surface area contributed by atoms with Crippen molar-refractivity contribution in [2.45, 2.75) is 9.79 Å². The number of benzene rings is 1. The number of rotatable bonds is 2. The van der Waals surface area contributed by atoms with Gasteiger partial charge in [-0.05, 0) is 12.1 Å². The highest BCUT2D eigenvalue weighted by molar-refractivity contribution is 7.89. The molecule has 16 heavy (non-hydrogen) atoms. The predicted molar refractivity (Wildman–Crippen MR) is 51.0 cm³/mol. The van der Waals surface area contributed by atoms with Gasteiger partial charge in [-0.3, -0.25) is 4.55 Å². The summed E-state index contributed by atoms with van der Waals surface area (Å²) < 4.78 is 52.0. The van der Waals surface area contributed by atoms with E-state index in [1.165, 1.54) is 0 Å². The maximum atomic E-state index is 10.9. The number of nitrogens with two attached hydrogens (primary N) is 1. The van der Waals surface area contributed by atoms with Crippen molar-refractivity contribution in [1.29, 1.82) is 0 Å². The number of hydrogen-bond donors (Lipinski definition) is 4. The van der Waals surface area contributed by atoms with Crippen molar-refractivity contribution in [3.63, 3.8) is 0 Å². The maximum Gasteiger partial charge on any atom is 0.302 e. The average Bonchev–Trinajstić information content (AvgIpc) is 1.97. The fraction of sp³-hybridized carbons (Fsp3) is 0. The Bertz CT molecular complexity index is 631. The summed E-state index contributed by atoms with van der Waals surface area (Å²) in [5.41, 5.74) is 0. The number of primary sulfonamides is 1. The normalized spacial score (nSPS) is 12.6. The van der Waals surface area contributed by atoms with E-state index in [9.17, 15) is 21.9 Å². The molecule has 10 heteroatoms. The third-order valence-electron chi connectivity index (χ3n) is 1.64. The van der Waals surface area contributed by atoms with E-state index in [2.05, 4.69) is 5.14 Å². The molecule has 0 unspecified atom stereocenters. The van der Waals surface area contributed by atoms with Gasteiger partial charge in [-0.25, -0.2) is 13.6 Å². The molecule has 1 aromatic rings. The second kappa shape index (κ2) is 3.59. The van der Waals surface area contributed by atoms with Gasteiger partial charge in [-0.2, -0.15) is 8.42 Å². The van der Waals surface area contributed by atoms with Crippen LogP contribution in [0.15, 0.2) is 21.9 Å². The van der Waals surface area contributed by atoms with Crippen molar-refractivity contribution in [2.75, 3.05) is 0 Å². The Morgan fingerprint density at radius 3 is 1.94 bits per heavy atom. The van der Waals surface area contributed by atoms with Crippen LogP contribution in [0, 0.1) is 0 Å². The molecule has 0 amide bonds. The minimum Gasteiger partial charge on any atom is -0.506 e. The van der Waals surface area contributed by atoms with E-state index in [4.69, 9.17) is 9.66 Å². The second-order valence-electron chi connectivity index (χ2n) is 2.78. The van der Waals surface area contributed by atoms with Gasteiger partial charge in [0, 0.05) is 0 Å². The fourth-order valence-electron chi connectivity index (χ4n) is 1.03. The summed E-state index contributed by atoms with van der Waals surface area (Å²) >= 11 is 0. The molecular weight excluding hydrogens is 262 g/mol. The van der Waals surface area contributed by atoms with Crippen molar-refractivity contribution >= 4 is 20.1 Å². The Morgan fingerprint density at radius 2 is 1.56 bits per heavy atom. The highest BCUT2D eigenvalue weighted by Gasteiger charge is 2.27. The Kier molecular flexibility index (Phi) is 2.85. The molecule has 0 bridgehead atoms. The SMILES string of the molecule is NS(=O)(=O)c1ccc(O)c(S(=O)(=O)O)c1O. The van der Waals surface area contributed by atoms with Gasteiger partial charge in [-0.15, -0.1) is 0 Å². The first-order valence-corrected chi connectivity index (χ1v) is 6.59. The van der Waals surface area contributed by atoms with Gasteiger partial charge in [0.05, 0.1) is 0 Å². The van der Waals surface area contributed by atoms with Gasteiger partial charge in [0.15, 0.2) is 10.6 Å². The summed E-state index contributed by atoms with van der Waals surface area (Å²) in [6.07, 6.45) is 0. The van der Waals surface area contributed by atoms with Gasteiger partial charge in [-0.1, -0.05) is 0 Å². The lowest BCUT2D eigenvalue weighted by Crippen LogP contribution is -2.13. The van der Waals surface area contributed by atoms with Crippen molar-refractivity contribution < 1.29 is 31.6 Å². The first-order chi connectivity index (χ1) is 7.05. The molecule has 0 aliphatic carbocycles. The lowest BCUT2D eigenvalue weighted by Gasteiger charge is -2.07. The van der Waals surface area contributed by atoms with Gasteiger partial charge in [0.2, 0.25) is 10.0 Å². The van der Waals surface area contributed by atoms with Gasteiger partial charge >= 0.3 is 10.1 Å². The molecule has 8 nitrogen and oxygen atoms in total. The quantitative estimate of drug-likeness (QED) is 0.501. The van der Waals surface area contributed by atoms with E-state index in [0.29, 0.717) is 12.1 Å². The molecule has 1 rings (SSSR count). The van der Waals surface area contributed by atoms with Crippen LogP contribution in [0.5, 0.6) is 11.5 Å². The van der Waals surface area contributed by atoms with Crippen LogP contribution >= 0.6 is 0 Å². The lowest BCUT2D eigenvalue weighted by molar-refractivity contribution is 0.401. The van der Waals surface area contributed by atoms with Crippen LogP contribution in [-0.2, 0) is 20.1 Å². The zero-order valence-corrected chi connectivity index (χ0v) is 9.16.